The van der Waals surface area contributed by atoms with Crippen molar-refractivity contribution in [3.05, 3.63) is 107 Å². The van der Waals surface area contributed by atoms with Crippen LogP contribution in [0.2, 0.25) is 0 Å². The van der Waals surface area contributed by atoms with Gasteiger partial charge in [0.2, 0.25) is 0 Å². The molecule has 1 aliphatic rings. The third-order valence-corrected chi connectivity index (χ3v) is 8.48. The number of esters is 1. The number of cyclic esters (lactones) is 1. The van der Waals surface area contributed by atoms with Gasteiger partial charge in [0.25, 0.3) is 10.1 Å². The predicted molar refractivity (Wildman–Crippen MR) is 141 cm³/mol. The van der Waals surface area contributed by atoms with Crippen LogP contribution in [0.1, 0.15) is 23.1 Å². The normalized spacial score (nSPS) is 16.7. The Morgan fingerprint density at radius 2 is 1.38 bits per heavy atom. The van der Waals surface area contributed by atoms with Gasteiger partial charge < -0.3 is 13.7 Å². The van der Waals surface area contributed by atoms with Gasteiger partial charge in [-0.1, -0.05) is 65.7 Å². The molecule has 0 saturated heterocycles. The van der Waals surface area contributed by atoms with Crippen molar-refractivity contribution in [2.24, 2.45) is 0 Å². The third-order valence-electron chi connectivity index (χ3n) is 5.84. The molecule has 0 bridgehead atoms. The molecule has 11 heteroatoms. The maximum Gasteiger partial charge on any atom is 0.338 e. The number of carbonyl (C=O) groups excluding carboxylic acids is 1. The Hall–Kier alpha value is -3.51. The first-order valence-electron chi connectivity index (χ1n) is 12.1. The van der Waals surface area contributed by atoms with E-state index in [-0.39, 0.29) is 35.2 Å². The second kappa shape index (κ2) is 12.1. The summed E-state index contributed by atoms with van der Waals surface area (Å²) >= 11 is 0. The Morgan fingerprint density at radius 1 is 0.821 bits per heavy atom. The summed E-state index contributed by atoms with van der Waals surface area (Å²) < 4.78 is 73.6. The lowest BCUT2D eigenvalue weighted by molar-refractivity contribution is -0.152. The molecule has 3 aromatic rings. The molecular formula is C28H28O9S2. The monoisotopic (exact) mass is 572 g/mol. The number of hydrogen-bond acceptors (Lipinski definition) is 9. The fraction of sp³-hybridized carbons (Fsp3) is 0.250. The highest BCUT2D eigenvalue weighted by Crippen LogP contribution is 2.27. The predicted octanol–water partition coefficient (Wildman–Crippen LogP) is 4.20. The largest absolute Gasteiger partial charge is 0.456 e. The summed E-state index contributed by atoms with van der Waals surface area (Å²) in [6.45, 7) is 3.51. The minimum Gasteiger partial charge on any atom is -0.456 e. The minimum atomic E-state index is -4.29. The third kappa shape index (κ3) is 7.76. The van der Waals surface area contributed by atoms with E-state index in [9.17, 15) is 21.6 Å². The van der Waals surface area contributed by atoms with Gasteiger partial charge in [0.05, 0.1) is 24.2 Å². The molecule has 1 aliphatic heterocycles. The van der Waals surface area contributed by atoms with E-state index in [1.165, 1.54) is 24.3 Å². The number of carbonyl (C=O) groups is 1. The Kier molecular flexibility index (Phi) is 8.86. The standard InChI is InChI=1S/C28H28O9S2/c1-20-8-12-24(13-9-20)38(30,31)36-23-16-26(35-28(29)17-23)27(19-34-18-22-6-4-3-5-7-22)37-39(32,33)25-14-10-21(2)11-15-25/h3-15,17,26-27H,16,18-19H2,1-2H3/t26-,27+/m0/s1. The summed E-state index contributed by atoms with van der Waals surface area (Å²) in [6.07, 6.45) is -1.84. The van der Waals surface area contributed by atoms with Gasteiger partial charge in [-0.15, -0.1) is 0 Å². The lowest BCUT2D eigenvalue weighted by Gasteiger charge is -2.29. The van der Waals surface area contributed by atoms with E-state index in [1.54, 1.807) is 24.3 Å². The summed E-state index contributed by atoms with van der Waals surface area (Å²) in [5.74, 6) is -1.11. The Labute approximate surface area is 228 Å². The van der Waals surface area contributed by atoms with Crippen molar-refractivity contribution >= 4 is 26.2 Å². The molecule has 1 heterocycles. The molecule has 0 saturated carbocycles. The fourth-order valence-electron chi connectivity index (χ4n) is 3.76. The van der Waals surface area contributed by atoms with Crippen LogP contribution in [0, 0.1) is 13.8 Å². The average Bonchev–Trinajstić information content (AvgIpc) is 2.88. The van der Waals surface area contributed by atoms with Gasteiger partial charge in [-0.05, 0) is 43.7 Å². The molecule has 0 unspecified atom stereocenters. The first kappa shape index (κ1) is 28.5. The summed E-state index contributed by atoms with van der Waals surface area (Å²) in [4.78, 5) is 12.2. The van der Waals surface area contributed by atoms with Crippen molar-refractivity contribution in [2.75, 3.05) is 6.61 Å². The molecule has 0 N–H and O–H groups in total. The number of hydrogen-bond donors (Lipinski definition) is 0. The molecule has 0 radical (unpaired) electrons. The van der Waals surface area contributed by atoms with Crippen LogP contribution in [0.5, 0.6) is 0 Å². The smallest absolute Gasteiger partial charge is 0.338 e. The van der Waals surface area contributed by atoms with Crippen molar-refractivity contribution in [3.8, 4) is 0 Å². The maximum absolute atomic E-state index is 13.1. The quantitative estimate of drug-likeness (QED) is 0.246. The summed E-state index contributed by atoms with van der Waals surface area (Å²) in [5, 5.41) is 0. The van der Waals surface area contributed by atoms with Crippen molar-refractivity contribution in [2.45, 2.75) is 48.9 Å². The number of aryl methyl sites for hydroxylation is 2. The first-order valence-corrected chi connectivity index (χ1v) is 14.9. The van der Waals surface area contributed by atoms with Crippen LogP contribution >= 0.6 is 0 Å². The summed E-state index contributed by atoms with van der Waals surface area (Å²) in [5.41, 5.74) is 2.56. The Morgan fingerprint density at radius 3 is 1.97 bits per heavy atom. The van der Waals surface area contributed by atoms with E-state index in [2.05, 4.69) is 0 Å². The second-order valence-electron chi connectivity index (χ2n) is 9.04. The molecule has 206 valence electrons. The van der Waals surface area contributed by atoms with Crippen LogP contribution in [0.4, 0.5) is 0 Å². The van der Waals surface area contributed by atoms with Crippen LogP contribution in [0.25, 0.3) is 0 Å². The average molecular weight is 573 g/mol. The highest BCUT2D eigenvalue weighted by atomic mass is 32.2. The van der Waals surface area contributed by atoms with Gasteiger partial charge in [-0.25, -0.2) is 4.79 Å². The van der Waals surface area contributed by atoms with Crippen molar-refractivity contribution in [1.82, 2.24) is 0 Å². The van der Waals surface area contributed by atoms with Gasteiger partial charge in [0.1, 0.15) is 22.9 Å². The Bertz CT molecular complexity index is 1530. The van der Waals surface area contributed by atoms with E-state index in [4.69, 9.17) is 17.8 Å². The topological polar surface area (TPSA) is 122 Å². The van der Waals surface area contributed by atoms with Crippen molar-refractivity contribution in [1.29, 1.82) is 0 Å². The maximum atomic E-state index is 13.1. The zero-order valence-electron chi connectivity index (χ0n) is 21.3. The highest BCUT2D eigenvalue weighted by Gasteiger charge is 2.36. The highest BCUT2D eigenvalue weighted by molar-refractivity contribution is 7.87. The van der Waals surface area contributed by atoms with Crippen LogP contribution in [0.3, 0.4) is 0 Å². The molecule has 4 rings (SSSR count). The van der Waals surface area contributed by atoms with E-state index in [1.807, 2.05) is 44.2 Å². The molecule has 0 aromatic heterocycles. The Balaban J connectivity index is 1.54. The van der Waals surface area contributed by atoms with E-state index < -0.39 is 38.4 Å². The van der Waals surface area contributed by atoms with E-state index in [0.29, 0.717) is 0 Å². The molecule has 0 amide bonds. The number of ether oxygens (including phenoxy) is 2. The second-order valence-corrected chi connectivity index (χ2v) is 12.2. The first-order chi connectivity index (χ1) is 18.5. The van der Waals surface area contributed by atoms with Crippen LogP contribution in [-0.4, -0.2) is 41.6 Å². The zero-order valence-corrected chi connectivity index (χ0v) is 23.0. The SMILES string of the molecule is Cc1ccc(S(=O)(=O)OC2=CC(=O)O[C@H]([C@@H](COCc3ccccc3)OS(=O)(=O)c3ccc(C)cc3)C2)cc1. The van der Waals surface area contributed by atoms with E-state index in [0.717, 1.165) is 22.8 Å². The molecule has 9 nitrogen and oxygen atoms in total. The molecule has 0 aliphatic carbocycles. The lowest BCUT2D eigenvalue weighted by atomic mass is 10.1. The van der Waals surface area contributed by atoms with Crippen molar-refractivity contribution < 1.29 is 39.5 Å². The lowest BCUT2D eigenvalue weighted by Crippen LogP contribution is -2.40. The van der Waals surface area contributed by atoms with Gasteiger partial charge in [0.15, 0.2) is 0 Å². The fourth-order valence-corrected chi connectivity index (χ4v) is 5.81. The summed E-state index contributed by atoms with van der Waals surface area (Å²) in [7, 11) is -8.54. The number of benzene rings is 3. The molecular weight excluding hydrogens is 544 g/mol. The van der Waals surface area contributed by atoms with Gasteiger partial charge in [-0.2, -0.15) is 16.8 Å². The number of rotatable bonds is 11. The van der Waals surface area contributed by atoms with Crippen LogP contribution < -0.4 is 0 Å². The van der Waals surface area contributed by atoms with Gasteiger partial charge in [0, 0.05) is 6.42 Å². The molecule has 2 atom stereocenters. The van der Waals surface area contributed by atoms with Crippen LogP contribution in [-0.2, 0) is 49.5 Å². The molecule has 0 spiro atoms. The molecule has 3 aromatic carbocycles. The van der Waals surface area contributed by atoms with Crippen LogP contribution in [0.15, 0.2) is 100 Å². The molecule has 39 heavy (non-hydrogen) atoms. The van der Waals surface area contributed by atoms with E-state index >= 15 is 0 Å². The van der Waals surface area contributed by atoms with Gasteiger partial charge >= 0.3 is 16.1 Å². The summed E-state index contributed by atoms with van der Waals surface area (Å²) in [6, 6.07) is 21.3. The molecule has 0 fully saturated rings. The van der Waals surface area contributed by atoms with Crippen molar-refractivity contribution in [3.63, 3.8) is 0 Å². The minimum absolute atomic E-state index is 0.0859. The zero-order chi connectivity index (χ0) is 28.0. The van der Waals surface area contributed by atoms with Gasteiger partial charge in [-0.3, -0.25) is 4.18 Å².